The number of hydrogen-bond acceptors (Lipinski definition) is 1. The van der Waals surface area contributed by atoms with Crippen LogP contribution in [-0.4, -0.2) is 15.1 Å². The second kappa shape index (κ2) is 4.80. The van der Waals surface area contributed by atoms with Gasteiger partial charge in [0.25, 0.3) is 0 Å². The Balaban J connectivity index is 2.56. The Labute approximate surface area is 88.5 Å². The number of aryl methyl sites for hydroxylation is 1. The molecule has 0 bridgehead atoms. The highest BCUT2D eigenvalue weighted by Gasteiger charge is 2.12. The summed E-state index contributed by atoms with van der Waals surface area (Å²) in [6.45, 7) is 7.59. The molecule has 0 saturated heterocycles. The molecule has 0 amide bonds. The number of hydrogen-bond donors (Lipinski definition) is 0. The summed E-state index contributed by atoms with van der Waals surface area (Å²) in [4.78, 5) is 0. The molecule has 0 radical (unpaired) electrons. The summed E-state index contributed by atoms with van der Waals surface area (Å²) in [5, 5.41) is 5.33. The lowest BCUT2D eigenvalue weighted by molar-refractivity contribution is 0.357. The van der Waals surface area contributed by atoms with Gasteiger partial charge >= 0.3 is 0 Å². The molecule has 1 aromatic rings. The van der Waals surface area contributed by atoms with Crippen molar-refractivity contribution >= 4 is 15.9 Å². The van der Waals surface area contributed by atoms with Crippen LogP contribution < -0.4 is 0 Å². The molecule has 0 fully saturated rings. The molecule has 1 heterocycles. The van der Waals surface area contributed by atoms with Crippen LogP contribution in [0.3, 0.4) is 0 Å². The van der Waals surface area contributed by atoms with E-state index in [1.807, 2.05) is 10.9 Å². The van der Waals surface area contributed by atoms with E-state index in [0.717, 1.165) is 11.9 Å². The highest BCUT2D eigenvalue weighted by molar-refractivity contribution is 9.09. The third-order valence-electron chi connectivity index (χ3n) is 2.32. The number of halogens is 1. The van der Waals surface area contributed by atoms with Gasteiger partial charge in [-0.1, -0.05) is 29.8 Å². The summed E-state index contributed by atoms with van der Waals surface area (Å²) in [6.07, 6.45) is 4.00. The summed E-state index contributed by atoms with van der Waals surface area (Å²) >= 11 is 3.54. The Morgan fingerprint density at radius 3 is 2.62 bits per heavy atom. The van der Waals surface area contributed by atoms with Crippen molar-refractivity contribution in [3.05, 3.63) is 18.0 Å². The summed E-state index contributed by atoms with van der Waals surface area (Å²) < 4.78 is 2.03. The maximum absolute atomic E-state index is 4.28. The molecule has 74 valence electrons. The van der Waals surface area contributed by atoms with Gasteiger partial charge in [-0.3, -0.25) is 4.68 Å². The first-order valence-corrected chi connectivity index (χ1v) is 5.80. The highest BCUT2D eigenvalue weighted by Crippen LogP contribution is 2.15. The smallest absolute Gasteiger partial charge is 0.0518 e. The van der Waals surface area contributed by atoms with Gasteiger partial charge in [0.05, 0.1) is 6.20 Å². The van der Waals surface area contributed by atoms with E-state index in [-0.39, 0.29) is 0 Å². The number of alkyl halides is 1. The largest absolute Gasteiger partial charge is 0.272 e. The first kappa shape index (κ1) is 10.8. The van der Waals surface area contributed by atoms with E-state index in [9.17, 15) is 0 Å². The van der Waals surface area contributed by atoms with Crippen molar-refractivity contribution in [2.45, 2.75) is 27.3 Å². The van der Waals surface area contributed by atoms with Crippen LogP contribution in [0.1, 0.15) is 19.4 Å². The first-order chi connectivity index (χ1) is 6.13. The number of rotatable bonds is 4. The van der Waals surface area contributed by atoms with E-state index in [4.69, 9.17) is 0 Å². The lowest BCUT2D eigenvalue weighted by Crippen LogP contribution is -2.18. The fourth-order valence-corrected chi connectivity index (χ4v) is 2.20. The van der Waals surface area contributed by atoms with Crippen molar-refractivity contribution in [1.82, 2.24) is 9.78 Å². The van der Waals surface area contributed by atoms with Gasteiger partial charge in [-0.15, -0.1) is 0 Å². The van der Waals surface area contributed by atoms with E-state index in [1.54, 1.807) is 0 Å². The average molecular weight is 245 g/mol. The maximum atomic E-state index is 4.28. The van der Waals surface area contributed by atoms with Gasteiger partial charge in [-0.2, -0.15) is 5.10 Å². The molecule has 0 saturated carbocycles. The number of nitrogens with zero attached hydrogens (tertiary/aromatic N) is 2. The molecule has 1 aromatic heterocycles. The Morgan fingerprint density at radius 2 is 2.23 bits per heavy atom. The maximum Gasteiger partial charge on any atom is 0.0518 e. The predicted octanol–water partition coefficient (Wildman–Crippen LogP) is 2.86. The zero-order chi connectivity index (χ0) is 9.84. The standard InChI is InChI=1S/C10H17BrN2/c1-8(2)10(4-11)7-13-6-9(3)5-12-13/h5-6,8,10H,4,7H2,1-3H3. The molecule has 3 heteroatoms. The van der Waals surface area contributed by atoms with Crippen molar-refractivity contribution in [3.63, 3.8) is 0 Å². The van der Waals surface area contributed by atoms with Gasteiger partial charge in [-0.05, 0) is 24.3 Å². The average Bonchev–Trinajstić information content (AvgIpc) is 2.46. The normalized spacial score (nSPS) is 13.6. The highest BCUT2D eigenvalue weighted by atomic mass is 79.9. The van der Waals surface area contributed by atoms with Crippen molar-refractivity contribution in [1.29, 1.82) is 0 Å². The van der Waals surface area contributed by atoms with E-state index in [1.165, 1.54) is 5.56 Å². The topological polar surface area (TPSA) is 17.8 Å². The van der Waals surface area contributed by atoms with Crippen LogP contribution in [0.25, 0.3) is 0 Å². The lowest BCUT2D eigenvalue weighted by atomic mass is 9.98. The third kappa shape index (κ3) is 3.14. The number of aromatic nitrogens is 2. The van der Waals surface area contributed by atoms with Gasteiger partial charge in [0.15, 0.2) is 0 Å². The van der Waals surface area contributed by atoms with Gasteiger partial charge < -0.3 is 0 Å². The minimum Gasteiger partial charge on any atom is -0.272 e. The molecule has 0 aromatic carbocycles. The third-order valence-corrected chi connectivity index (χ3v) is 3.16. The van der Waals surface area contributed by atoms with Crippen molar-refractivity contribution in [3.8, 4) is 0 Å². The van der Waals surface area contributed by atoms with E-state index in [0.29, 0.717) is 11.8 Å². The van der Waals surface area contributed by atoms with Gasteiger partial charge in [0.2, 0.25) is 0 Å². The first-order valence-electron chi connectivity index (χ1n) is 4.68. The fourth-order valence-electron chi connectivity index (χ4n) is 1.24. The zero-order valence-corrected chi connectivity index (χ0v) is 10.1. The van der Waals surface area contributed by atoms with Crippen LogP contribution in [0, 0.1) is 18.8 Å². The quantitative estimate of drug-likeness (QED) is 0.746. The Bertz CT molecular complexity index is 255. The van der Waals surface area contributed by atoms with E-state index in [2.05, 4.69) is 48.0 Å². The molecule has 0 aliphatic carbocycles. The van der Waals surface area contributed by atoms with Crippen LogP contribution >= 0.6 is 15.9 Å². The van der Waals surface area contributed by atoms with Crippen molar-refractivity contribution < 1.29 is 0 Å². The Morgan fingerprint density at radius 1 is 1.54 bits per heavy atom. The molecule has 1 atom stereocenters. The Hall–Kier alpha value is -0.310. The second-order valence-electron chi connectivity index (χ2n) is 3.90. The molecule has 1 rings (SSSR count). The Kier molecular flexibility index (Phi) is 3.97. The summed E-state index contributed by atoms with van der Waals surface area (Å²) in [5.41, 5.74) is 1.23. The molecular weight excluding hydrogens is 228 g/mol. The van der Waals surface area contributed by atoms with E-state index < -0.39 is 0 Å². The molecule has 0 N–H and O–H groups in total. The fraction of sp³-hybridized carbons (Fsp3) is 0.700. The monoisotopic (exact) mass is 244 g/mol. The van der Waals surface area contributed by atoms with Crippen LogP contribution in [-0.2, 0) is 6.54 Å². The van der Waals surface area contributed by atoms with E-state index >= 15 is 0 Å². The van der Waals surface area contributed by atoms with Gasteiger partial charge in [0.1, 0.15) is 0 Å². The van der Waals surface area contributed by atoms with Crippen LogP contribution in [0.2, 0.25) is 0 Å². The second-order valence-corrected chi connectivity index (χ2v) is 4.55. The summed E-state index contributed by atoms with van der Waals surface area (Å²) in [5.74, 6) is 1.36. The van der Waals surface area contributed by atoms with Crippen LogP contribution in [0.4, 0.5) is 0 Å². The molecule has 2 nitrogen and oxygen atoms in total. The summed E-state index contributed by atoms with van der Waals surface area (Å²) in [6, 6.07) is 0. The lowest BCUT2D eigenvalue weighted by Gasteiger charge is -2.17. The predicted molar refractivity (Wildman–Crippen MR) is 59.1 cm³/mol. The zero-order valence-electron chi connectivity index (χ0n) is 8.50. The minimum absolute atomic E-state index is 0.666. The molecular formula is C10H17BrN2. The molecule has 0 aliphatic heterocycles. The minimum atomic E-state index is 0.666. The van der Waals surface area contributed by atoms with Gasteiger partial charge in [-0.25, -0.2) is 0 Å². The SMILES string of the molecule is Cc1cnn(CC(CBr)C(C)C)c1. The molecule has 13 heavy (non-hydrogen) atoms. The van der Waals surface area contributed by atoms with Crippen molar-refractivity contribution in [2.75, 3.05) is 5.33 Å². The molecule has 1 unspecified atom stereocenters. The summed E-state index contributed by atoms with van der Waals surface area (Å²) in [7, 11) is 0. The van der Waals surface area contributed by atoms with Crippen molar-refractivity contribution in [2.24, 2.45) is 11.8 Å². The molecule has 0 aliphatic rings. The van der Waals surface area contributed by atoms with Gasteiger partial charge in [0, 0.05) is 18.1 Å². The van der Waals surface area contributed by atoms with Crippen LogP contribution in [0.15, 0.2) is 12.4 Å². The van der Waals surface area contributed by atoms with Crippen LogP contribution in [0.5, 0.6) is 0 Å². The molecule has 0 spiro atoms.